The largest absolute Gasteiger partial charge is 0.491 e. The highest BCUT2D eigenvalue weighted by Gasteiger charge is 2.46. The van der Waals surface area contributed by atoms with Gasteiger partial charge in [-0.2, -0.15) is 0 Å². The molecule has 1 atom stereocenters. The summed E-state index contributed by atoms with van der Waals surface area (Å²) < 4.78 is 14.8. The van der Waals surface area contributed by atoms with E-state index < -0.39 is 0 Å². The van der Waals surface area contributed by atoms with Crippen LogP contribution in [0.3, 0.4) is 0 Å². The molecular formula is C29H37N5O3. The van der Waals surface area contributed by atoms with E-state index in [1.54, 1.807) is 6.33 Å². The van der Waals surface area contributed by atoms with E-state index in [4.69, 9.17) is 15.2 Å². The Bertz CT molecular complexity index is 1280. The van der Waals surface area contributed by atoms with Crippen molar-refractivity contribution >= 4 is 16.9 Å². The van der Waals surface area contributed by atoms with E-state index in [1.165, 1.54) is 6.42 Å². The zero-order valence-electron chi connectivity index (χ0n) is 21.4. The molecular weight excluding hydrogens is 466 g/mol. The number of fused-ring (bicyclic) bond motifs is 3. The lowest BCUT2D eigenvalue weighted by Crippen LogP contribution is -2.40. The van der Waals surface area contributed by atoms with E-state index in [1.807, 2.05) is 12.1 Å². The molecule has 3 N–H and O–H groups in total. The summed E-state index contributed by atoms with van der Waals surface area (Å²) in [6.45, 7) is 3.07. The lowest BCUT2D eigenvalue weighted by molar-refractivity contribution is -0.0198. The molecule has 1 unspecified atom stereocenters. The first-order valence-corrected chi connectivity index (χ1v) is 14.0. The van der Waals surface area contributed by atoms with E-state index in [9.17, 15) is 5.11 Å². The van der Waals surface area contributed by atoms with Crippen LogP contribution >= 0.6 is 0 Å². The first-order valence-electron chi connectivity index (χ1n) is 14.0. The summed E-state index contributed by atoms with van der Waals surface area (Å²) in [6.07, 6.45) is 13.3. The van der Waals surface area contributed by atoms with Gasteiger partial charge in [0.05, 0.1) is 18.1 Å². The fraction of sp³-hybridized carbons (Fsp3) is 0.586. The van der Waals surface area contributed by atoms with Crippen LogP contribution in [0.2, 0.25) is 0 Å². The van der Waals surface area contributed by atoms with Crippen molar-refractivity contribution < 1.29 is 14.6 Å². The number of nitrogen functional groups attached to an aromatic ring is 1. The molecule has 2 bridgehead atoms. The van der Waals surface area contributed by atoms with Crippen LogP contribution in [-0.2, 0) is 4.74 Å². The van der Waals surface area contributed by atoms with Gasteiger partial charge < -0.3 is 24.9 Å². The van der Waals surface area contributed by atoms with Crippen molar-refractivity contribution in [3.63, 3.8) is 0 Å². The van der Waals surface area contributed by atoms with Gasteiger partial charge >= 0.3 is 0 Å². The number of aliphatic hydroxyl groups excluding tert-OH is 1. The van der Waals surface area contributed by atoms with E-state index >= 15 is 0 Å². The van der Waals surface area contributed by atoms with Crippen molar-refractivity contribution in [2.24, 2.45) is 5.92 Å². The maximum atomic E-state index is 9.67. The lowest BCUT2D eigenvalue weighted by atomic mass is 9.79. The monoisotopic (exact) mass is 503 g/mol. The fourth-order valence-corrected chi connectivity index (χ4v) is 7.21. The van der Waals surface area contributed by atoms with Crippen LogP contribution in [0.5, 0.6) is 5.75 Å². The first kappa shape index (κ1) is 23.4. The number of aliphatic hydroxyl groups is 1. The van der Waals surface area contributed by atoms with Crippen LogP contribution < -0.4 is 10.5 Å². The Morgan fingerprint density at radius 1 is 1.16 bits per heavy atom. The van der Waals surface area contributed by atoms with Gasteiger partial charge in [-0.3, -0.25) is 4.90 Å². The molecule has 1 aliphatic carbocycles. The standard InChI is InChI=1S/C29H37N5O3/c30-27-26-25(20-3-1-5-24(13-20)36-17-29-8-6-23(37-29)7-9-29)15-34(28(26)32-18-31-27)22-11-19(12-22)14-33-10-2-4-21(33)16-35/h1,3,5,13,15,18-19,21-23,35H,2,4,6-12,14,16-17H2,(H2,30,31,32). The number of anilines is 1. The van der Waals surface area contributed by atoms with Gasteiger partial charge in [0.1, 0.15) is 35.7 Å². The Labute approximate surface area is 217 Å². The molecule has 4 fully saturated rings. The summed E-state index contributed by atoms with van der Waals surface area (Å²) in [5.41, 5.74) is 9.34. The van der Waals surface area contributed by atoms with Crippen molar-refractivity contribution in [3.8, 4) is 16.9 Å². The summed E-state index contributed by atoms with van der Waals surface area (Å²) >= 11 is 0. The molecule has 0 radical (unpaired) electrons. The summed E-state index contributed by atoms with van der Waals surface area (Å²) in [5, 5.41) is 10.6. The van der Waals surface area contributed by atoms with E-state index in [-0.39, 0.29) is 12.2 Å². The molecule has 1 aromatic carbocycles. The molecule has 3 aliphatic heterocycles. The van der Waals surface area contributed by atoms with Gasteiger partial charge in [0.25, 0.3) is 0 Å². The van der Waals surface area contributed by atoms with Crippen LogP contribution in [0.25, 0.3) is 22.2 Å². The highest BCUT2D eigenvalue weighted by molar-refractivity contribution is 6.00. The number of likely N-dealkylation sites (tertiary alicyclic amines) is 1. The molecule has 2 aromatic heterocycles. The van der Waals surface area contributed by atoms with Crippen LogP contribution in [0.15, 0.2) is 36.8 Å². The molecule has 8 nitrogen and oxygen atoms in total. The molecule has 3 aromatic rings. The maximum Gasteiger partial charge on any atom is 0.146 e. The van der Waals surface area contributed by atoms with Gasteiger partial charge in [-0.1, -0.05) is 12.1 Å². The molecule has 3 saturated heterocycles. The van der Waals surface area contributed by atoms with Crippen molar-refractivity contribution in [2.75, 3.05) is 32.0 Å². The van der Waals surface area contributed by atoms with Crippen LogP contribution in [0, 0.1) is 5.92 Å². The fourth-order valence-electron chi connectivity index (χ4n) is 7.21. The second-order valence-corrected chi connectivity index (χ2v) is 11.7. The predicted octanol–water partition coefficient (Wildman–Crippen LogP) is 4.18. The van der Waals surface area contributed by atoms with Crippen molar-refractivity contribution in [2.45, 2.75) is 75.2 Å². The van der Waals surface area contributed by atoms with Gasteiger partial charge in [-0.05, 0) is 81.5 Å². The van der Waals surface area contributed by atoms with Gasteiger partial charge in [0.2, 0.25) is 0 Å². The van der Waals surface area contributed by atoms with Gasteiger partial charge in [0.15, 0.2) is 0 Å². The zero-order chi connectivity index (χ0) is 25.0. The number of nitrogens with two attached hydrogens (primary N) is 1. The second kappa shape index (κ2) is 9.26. The number of hydrogen-bond acceptors (Lipinski definition) is 7. The van der Waals surface area contributed by atoms with Gasteiger partial charge in [-0.25, -0.2) is 9.97 Å². The molecule has 7 rings (SSSR count). The average molecular weight is 504 g/mol. The minimum Gasteiger partial charge on any atom is -0.491 e. The van der Waals surface area contributed by atoms with E-state index in [2.05, 4.69) is 37.8 Å². The minimum absolute atomic E-state index is 0.0952. The Morgan fingerprint density at radius 2 is 2.03 bits per heavy atom. The van der Waals surface area contributed by atoms with Gasteiger partial charge in [0, 0.05) is 30.4 Å². The third kappa shape index (κ3) is 4.19. The second-order valence-electron chi connectivity index (χ2n) is 11.7. The number of nitrogens with zero attached hydrogens (tertiary/aromatic N) is 4. The summed E-state index contributed by atoms with van der Waals surface area (Å²) in [4.78, 5) is 11.5. The molecule has 4 aliphatic rings. The Balaban J connectivity index is 1.11. The number of hydrogen-bond donors (Lipinski definition) is 2. The maximum absolute atomic E-state index is 9.67. The molecule has 0 spiro atoms. The normalized spacial score (nSPS) is 31.3. The van der Waals surface area contributed by atoms with Crippen LogP contribution in [-0.4, -0.2) is 68.6 Å². The van der Waals surface area contributed by atoms with Crippen molar-refractivity contribution in [3.05, 3.63) is 36.8 Å². The molecule has 0 amide bonds. The Kier molecular flexibility index (Phi) is 5.86. The molecule has 196 valence electrons. The van der Waals surface area contributed by atoms with Crippen molar-refractivity contribution in [1.29, 1.82) is 0 Å². The smallest absolute Gasteiger partial charge is 0.146 e. The zero-order valence-corrected chi connectivity index (χ0v) is 21.4. The first-order chi connectivity index (χ1) is 18.1. The van der Waals surface area contributed by atoms with Crippen molar-refractivity contribution in [1.82, 2.24) is 19.4 Å². The summed E-state index contributed by atoms with van der Waals surface area (Å²) in [7, 11) is 0. The SMILES string of the molecule is Nc1ncnc2c1c(-c1cccc(OCC34CCC(CC3)O4)c1)cn2C1CC(CN2CCCC2CO)C1. The molecule has 8 heteroatoms. The summed E-state index contributed by atoms with van der Waals surface area (Å²) in [5.74, 6) is 2.02. The number of ether oxygens (including phenoxy) is 2. The highest BCUT2D eigenvalue weighted by Crippen LogP contribution is 2.45. The quantitative estimate of drug-likeness (QED) is 0.476. The van der Waals surface area contributed by atoms with E-state index in [0.29, 0.717) is 36.5 Å². The highest BCUT2D eigenvalue weighted by atomic mass is 16.6. The van der Waals surface area contributed by atoms with Gasteiger partial charge in [-0.15, -0.1) is 0 Å². The third-order valence-electron chi connectivity index (χ3n) is 9.35. The minimum atomic E-state index is -0.0952. The molecule has 37 heavy (non-hydrogen) atoms. The lowest BCUT2D eigenvalue weighted by Gasteiger charge is -2.39. The van der Waals surface area contributed by atoms with Crippen LogP contribution in [0.4, 0.5) is 5.82 Å². The van der Waals surface area contributed by atoms with E-state index in [0.717, 1.165) is 85.9 Å². The Hall–Kier alpha value is -2.68. The summed E-state index contributed by atoms with van der Waals surface area (Å²) in [6, 6.07) is 9.03. The third-order valence-corrected chi connectivity index (χ3v) is 9.35. The van der Waals surface area contributed by atoms with Crippen LogP contribution in [0.1, 0.15) is 57.4 Å². The Morgan fingerprint density at radius 3 is 2.81 bits per heavy atom. The number of rotatable bonds is 8. The average Bonchev–Trinajstić information content (AvgIpc) is 3.68. The molecule has 5 heterocycles. The number of aromatic nitrogens is 3. The predicted molar refractivity (Wildman–Crippen MR) is 142 cm³/mol. The molecule has 1 saturated carbocycles. The topological polar surface area (TPSA) is 98.7 Å². The number of benzene rings is 1.